The van der Waals surface area contributed by atoms with Gasteiger partial charge in [-0.05, 0) is 32.0 Å². The Balaban J connectivity index is 0.00000180. The summed E-state index contributed by atoms with van der Waals surface area (Å²) in [6.07, 6.45) is 5.09. The molecule has 116 valence electrons. The van der Waals surface area contributed by atoms with Crippen molar-refractivity contribution >= 4 is 30.7 Å². The van der Waals surface area contributed by atoms with Gasteiger partial charge < -0.3 is 15.4 Å². The van der Waals surface area contributed by atoms with Gasteiger partial charge in [-0.15, -0.1) is 24.8 Å². The van der Waals surface area contributed by atoms with Crippen LogP contribution in [0.3, 0.4) is 0 Å². The predicted octanol–water partition coefficient (Wildman–Crippen LogP) is 0.568. The molecule has 2 rings (SSSR count). The van der Waals surface area contributed by atoms with Crippen LogP contribution in [-0.2, 0) is 15.1 Å². The second kappa shape index (κ2) is 9.18. The Morgan fingerprint density at radius 3 is 2.70 bits per heavy atom. The first-order chi connectivity index (χ1) is 8.79. The Morgan fingerprint density at radius 2 is 2.15 bits per heavy atom. The number of amides is 1. The van der Waals surface area contributed by atoms with Crippen molar-refractivity contribution in [1.29, 1.82) is 0 Å². The van der Waals surface area contributed by atoms with Crippen LogP contribution < -0.4 is 10.6 Å². The summed E-state index contributed by atoms with van der Waals surface area (Å²) in [5.74, 6) is 0.0322. The third-order valence-corrected chi connectivity index (χ3v) is 3.39. The van der Waals surface area contributed by atoms with Gasteiger partial charge in [-0.2, -0.15) is 5.10 Å². The van der Waals surface area contributed by atoms with Crippen LogP contribution in [-0.4, -0.2) is 49.0 Å². The Hall–Kier alpha value is -0.820. The van der Waals surface area contributed by atoms with Crippen molar-refractivity contribution in [3.8, 4) is 0 Å². The van der Waals surface area contributed by atoms with E-state index in [2.05, 4.69) is 15.7 Å². The molecule has 1 saturated heterocycles. The fraction of sp³-hybridized carbons (Fsp3) is 0.667. The van der Waals surface area contributed by atoms with Gasteiger partial charge in [0.2, 0.25) is 5.91 Å². The first kappa shape index (κ1) is 19.2. The summed E-state index contributed by atoms with van der Waals surface area (Å²) >= 11 is 0. The molecule has 0 aromatic carbocycles. The van der Waals surface area contributed by atoms with E-state index in [1.54, 1.807) is 18.0 Å². The highest BCUT2D eigenvalue weighted by Gasteiger charge is 2.41. The molecule has 0 aliphatic carbocycles. The number of hydrogen-bond acceptors (Lipinski definition) is 4. The minimum atomic E-state index is -0.553. The Bertz CT molecular complexity index is 381. The molecular weight excluding hydrogens is 303 g/mol. The van der Waals surface area contributed by atoms with Crippen LogP contribution in [0.1, 0.15) is 12.8 Å². The number of hydrogen-bond donors (Lipinski definition) is 2. The molecule has 1 aromatic heterocycles. The van der Waals surface area contributed by atoms with Crippen molar-refractivity contribution in [2.45, 2.75) is 18.4 Å². The maximum atomic E-state index is 12.4. The summed E-state index contributed by atoms with van der Waals surface area (Å²) in [6, 6.07) is 1.85. The largest absolute Gasteiger partial charge is 0.383 e. The normalized spacial score (nSPS) is 16.6. The predicted molar refractivity (Wildman–Crippen MR) is 81.7 cm³/mol. The Kier molecular flexibility index (Phi) is 8.80. The van der Waals surface area contributed by atoms with Gasteiger partial charge in [0.05, 0.1) is 6.61 Å². The van der Waals surface area contributed by atoms with E-state index >= 15 is 0 Å². The van der Waals surface area contributed by atoms with Crippen molar-refractivity contribution in [2.24, 2.45) is 0 Å². The van der Waals surface area contributed by atoms with Gasteiger partial charge in [-0.3, -0.25) is 9.48 Å². The second-order valence-electron chi connectivity index (χ2n) is 4.48. The number of piperidine rings is 1. The number of nitrogens with zero attached hydrogens (tertiary/aromatic N) is 2. The van der Waals surface area contributed by atoms with Gasteiger partial charge in [-0.25, -0.2) is 0 Å². The number of carbonyl (C=O) groups excluding carboxylic acids is 1. The SMILES string of the molecule is COCCNC(=O)C1(n2cccn2)CCNCC1.Cl.Cl. The third-order valence-electron chi connectivity index (χ3n) is 3.39. The molecule has 1 amide bonds. The summed E-state index contributed by atoms with van der Waals surface area (Å²) in [7, 11) is 1.62. The molecule has 1 fully saturated rings. The summed E-state index contributed by atoms with van der Waals surface area (Å²) in [4.78, 5) is 12.4. The average Bonchev–Trinajstić information content (AvgIpc) is 2.94. The number of rotatable bonds is 5. The molecule has 20 heavy (non-hydrogen) atoms. The molecule has 0 spiro atoms. The molecule has 1 aliphatic heterocycles. The number of ether oxygens (including phenoxy) is 1. The van der Waals surface area contributed by atoms with Crippen LogP contribution in [0, 0.1) is 0 Å². The van der Waals surface area contributed by atoms with E-state index in [-0.39, 0.29) is 30.7 Å². The fourth-order valence-electron chi connectivity index (χ4n) is 2.35. The van der Waals surface area contributed by atoms with Crippen LogP contribution in [0.5, 0.6) is 0 Å². The highest BCUT2D eigenvalue weighted by molar-refractivity contribution is 5.85. The minimum Gasteiger partial charge on any atom is -0.383 e. The van der Waals surface area contributed by atoms with E-state index in [0.29, 0.717) is 13.2 Å². The molecule has 8 heteroatoms. The number of nitrogens with one attached hydrogen (secondary N) is 2. The quantitative estimate of drug-likeness (QED) is 0.777. The van der Waals surface area contributed by atoms with Crippen molar-refractivity contribution in [3.05, 3.63) is 18.5 Å². The molecule has 6 nitrogen and oxygen atoms in total. The van der Waals surface area contributed by atoms with Gasteiger partial charge >= 0.3 is 0 Å². The number of carbonyl (C=O) groups is 1. The lowest BCUT2D eigenvalue weighted by Gasteiger charge is -2.36. The molecule has 0 atom stereocenters. The molecule has 1 aliphatic rings. The van der Waals surface area contributed by atoms with Gasteiger partial charge in [0.15, 0.2) is 0 Å². The molecule has 0 bridgehead atoms. The zero-order valence-electron chi connectivity index (χ0n) is 11.5. The second-order valence-corrected chi connectivity index (χ2v) is 4.48. The summed E-state index contributed by atoms with van der Waals surface area (Å²) in [5, 5.41) is 10.5. The first-order valence-corrected chi connectivity index (χ1v) is 6.28. The van der Waals surface area contributed by atoms with Gasteiger partial charge in [0, 0.05) is 26.0 Å². The van der Waals surface area contributed by atoms with Crippen molar-refractivity contribution < 1.29 is 9.53 Å². The standard InChI is InChI=1S/C12H20N4O2.2ClH/c1-18-10-8-14-11(17)12(3-6-13-7-4-12)16-9-2-5-15-16;;/h2,5,9,13H,3-4,6-8,10H2,1H3,(H,14,17);2*1H. The molecule has 2 heterocycles. The van der Waals surface area contributed by atoms with Crippen molar-refractivity contribution in [1.82, 2.24) is 20.4 Å². The van der Waals surface area contributed by atoms with Gasteiger partial charge in [0.25, 0.3) is 0 Å². The maximum absolute atomic E-state index is 12.4. The topological polar surface area (TPSA) is 68.2 Å². The van der Waals surface area contributed by atoms with Crippen LogP contribution in [0.4, 0.5) is 0 Å². The highest BCUT2D eigenvalue weighted by Crippen LogP contribution is 2.26. The van der Waals surface area contributed by atoms with E-state index in [1.807, 2.05) is 12.3 Å². The Morgan fingerprint density at radius 1 is 1.45 bits per heavy atom. The smallest absolute Gasteiger partial charge is 0.248 e. The highest BCUT2D eigenvalue weighted by atomic mass is 35.5. The van der Waals surface area contributed by atoms with E-state index in [4.69, 9.17) is 4.74 Å². The van der Waals surface area contributed by atoms with Crippen LogP contribution in [0.15, 0.2) is 18.5 Å². The van der Waals surface area contributed by atoms with E-state index < -0.39 is 5.54 Å². The van der Waals surface area contributed by atoms with Crippen molar-refractivity contribution in [2.75, 3.05) is 33.4 Å². The lowest BCUT2D eigenvalue weighted by atomic mass is 9.87. The average molecular weight is 325 g/mol. The van der Waals surface area contributed by atoms with Crippen LogP contribution in [0.2, 0.25) is 0 Å². The molecular formula is C12H22Cl2N4O2. The number of methoxy groups -OCH3 is 1. The Labute approximate surface area is 131 Å². The molecule has 0 saturated carbocycles. The van der Waals surface area contributed by atoms with Gasteiger partial charge in [0.1, 0.15) is 5.54 Å². The number of aromatic nitrogens is 2. The third kappa shape index (κ3) is 4.09. The molecule has 0 radical (unpaired) electrons. The summed E-state index contributed by atoms with van der Waals surface area (Å²) < 4.78 is 6.74. The summed E-state index contributed by atoms with van der Waals surface area (Å²) in [5.41, 5.74) is -0.553. The maximum Gasteiger partial charge on any atom is 0.248 e. The lowest BCUT2D eigenvalue weighted by molar-refractivity contribution is -0.132. The fourth-order valence-corrected chi connectivity index (χ4v) is 2.35. The molecule has 2 N–H and O–H groups in total. The molecule has 0 unspecified atom stereocenters. The van der Waals surface area contributed by atoms with E-state index in [9.17, 15) is 4.79 Å². The lowest BCUT2D eigenvalue weighted by Crippen LogP contribution is -2.55. The minimum absolute atomic E-state index is 0. The number of halogens is 2. The van der Waals surface area contributed by atoms with Crippen molar-refractivity contribution in [3.63, 3.8) is 0 Å². The summed E-state index contributed by atoms with van der Waals surface area (Å²) in [6.45, 7) is 2.72. The zero-order valence-corrected chi connectivity index (χ0v) is 13.1. The van der Waals surface area contributed by atoms with Gasteiger partial charge in [-0.1, -0.05) is 0 Å². The van der Waals surface area contributed by atoms with Crippen LogP contribution >= 0.6 is 24.8 Å². The first-order valence-electron chi connectivity index (χ1n) is 6.28. The zero-order chi connectivity index (χ0) is 12.8. The van der Waals surface area contributed by atoms with Crippen LogP contribution in [0.25, 0.3) is 0 Å². The molecule has 1 aromatic rings. The van der Waals surface area contributed by atoms with E-state index in [1.165, 1.54) is 0 Å². The monoisotopic (exact) mass is 324 g/mol. The van der Waals surface area contributed by atoms with E-state index in [0.717, 1.165) is 25.9 Å².